The third-order valence-electron chi connectivity index (χ3n) is 2.52. The lowest BCUT2D eigenvalue weighted by Crippen LogP contribution is -2.06. The van der Waals surface area contributed by atoms with E-state index in [9.17, 15) is 4.79 Å². The van der Waals surface area contributed by atoms with Gasteiger partial charge < -0.3 is 16.2 Å². The second-order valence-electron chi connectivity index (χ2n) is 3.99. The number of carboxylic acid groups (broad SMARTS) is 1. The fourth-order valence-corrected chi connectivity index (χ4v) is 1.66. The zero-order valence-corrected chi connectivity index (χ0v) is 9.92. The molecule has 0 radical (unpaired) electrons. The summed E-state index contributed by atoms with van der Waals surface area (Å²) in [5, 5.41) is 16.2. The van der Waals surface area contributed by atoms with Crippen molar-refractivity contribution in [3.8, 4) is 0 Å². The molecule has 0 spiro atoms. The van der Waals surface area contributed by atoms with Gasteiger partial charge in [-0.15, -0.1) is 0 Å². The minimum atomic E-state index is -0.983. The summed E-state index contributed by atoms with van der Waals surface area (Å²) in [4.78, 5) is 11.1. The first-order valence-corrected chi connectivity index (χ1v) is 5.40. The molecule has 4 N–H and O–H groups in total. The molecule has 6 heteroatoms. The Morgan fingerprint density at radius 2 is 2.33 bits per heavy atom. The molecule has 0 atom stereocenters. The molecule has 2 rings (SSSR count). The van der Waals surface area contributed by atoms with E-state index in [1.165, 1.54) is 6.07 Å². The van der Waals surface area contributed by atoms with Crippen molar-refractivity contribution < 1.29 is 9.90 Å². The van der Waals surface area contributed by atoms with Crippen molar-refractivity contribution in [3.63, 3.8) is 0 Å². The molecule has 0 saturated heterocycles. The third-order valence-corrected chi connectivity index (χ3v) is 2.52. The summed E-state index contributed by atoms with van der Waals surface area (Å²) in [6.07, 6.45) is 3.58. The number of aryl methyl sites for hydroxylation is 1. The van der Waals surface area contributed by atoms with E-state index >= 15 is 0 Å². The first-order valence-electron chi connectivity index (χ1n) is 5.40. The van der Waals surface area contributed by atoms with E-state index in [2.05, 4.69) is 10.4 Å². The summed E-state index contributed by atoms with van der Waals surface area (Å²) in [7, 11) is 1.83. The zero-order chi connectivity index (χ0) is 13.1. The maximum atomic E-state index is 11.1. The predicted molar refractivity (Wildman–Crippen MR) is 68.3 cm³/mol. The van der Waals surface area contributed by atoms with Crippen LogP contribution in [0.25, 0.3) is 0 Å². The molecule has 1 aromatic heterocycles. The van der Waals surface area contributed by atoms with E-state index in [4.69, 9.17) is 10.8 Å². The molecule has 0 amide bonds. The molecule has 0 unspecified atom stereocenters. The van der Waals surface area contributed by atoms with Crippen molar-refractivity contribution in [2.75, 3.05) is 11.1 Å². The largest absolute Gasteiger partial charge is 0.478 e. The lowest BCUT2D eigenvalue weighted by Gasteiger charge is -2.09. The Morgan fingerprint density at radius 3 is 2.94 bits per heavy atom. The van der Waals surface area contributed by atoms with E-state index in [0.29, 0.717) is 17.9 Å². The molecule has 18 heavy (non-hydrogen) atoms. The van der Waals surface area contributed by atoms with Crippen LogP contribution in [0.4, 0.5) is 11.4 Å². The van der Waals surface area contributed by atoms with Gasteiger partial charge in [-0.1, -0.05) is 0 Å². The summed E-state index contributed by atoms with van der Waals surface area (Å²) in [6.45, 7) is 0.498. The van der Waals surface area contributed by atoms with Gasteiger partial charge in [0.2, 0.25) is 0 Å². The van der Waals surface area contributed by atoms with Crippen LogP contribution in [-0.4, -0.2) is 20.9 Å². The van der Waals surface area contributed by atoms with Gasteiger partial charge in [0.25, 0.3) is 0 Å². The van der Waals surface area contributed by atoms with Gasteiger partial charge in [0.1, 0.15) is 0 Å². The smallest absolute Gasteiger partial charge is 0.337 e. The highest BCUT2D eigenvalue weighted by molar-refractivity contribution is 5.95. The number of nitrogens with zero attached hydrogens (tertiary/aromatic N) is 2. The van der Waals surface area contributed by atoms with Crippen molar-refractivity contribution in [2.45, 2.75) is 6.54 Å². The number of aromatic nitrogens is 2. The number of nitrogen functional groups attached to an aromatic ring is 1. The molecule has 0 bridgehead atoms. The van der Waals surface area contributed by atoms with E-state index in [1.54, 1.807) is 23.0 Å². The van der Waals surface area contributed by atoms with Crippen LogP contribution in [0.15, 0.2) is 30.6 Å². The van der Waals surface area contributed by atoms with E-state index in [0.717, 1.165) is 5.56 Å². The van der Waals surface area contributed by atoms with Crippen molar-refractivity contribution in [2.24, 2.45) is 7.05 Å². The summed E-state index contributed by atoms with van der Waals surface area (Å²) in [5.41, 5.74) is 7.85. The van der Waals surface area contributed by atoms with Crippen LogP contribution in [-0.2, 0) is 13.6 Å². The third kappa shape index (κ3) is 2.60. The summed E-state index contributed by atoms with van der Waals surface area (Å²) >= 11 is 0. The van der Waals surface area contributed by atoms with Gasteiger partial charge >= 0.3 is 5.97 Å². The van der Waals surface area contributed by atoms with Crippen LogP contribution in [0.5, 0.6) is 0 Å². The summed E-state index contributed by atoms with van der Waals surface area (Å²) in [5.74, 6) is -0.983. The van der Waals surface area contributed by atoms with Crippen molar-refractivity contribution in [1.29, 1.82) is 0 Å². The van der Waals surface area contributed by atoms with Gasteiger partial charge in [-0.3, -0.25) is 4.68 Å². The number of anilines is 2. The molecule has 1 aromatic carbocycles. The number of carboxylic acids is 1. The van der Waals surface area contributed by atoms with Crippen LogP contribution in [0.1, 0.15) is 15.9 Å². The van der Waals surface area contributed by atoms with Crippen molar-refractivity contribution in [1.82, 2.24) is 9.78 Å². The maximum absolute atomic E-state index is 11.1. The second kappa shape index (κ2) is 4.79. The molecular formula is C12H14N4O2. The summed E-state index contributed by atoms with van der Waals surface area (Å²) in [6, 6.07) is 4.67. The van der Waals surface area contributed by atoms with Crippen LogP contribution in [0, 0.1) is 0 Å². The quantitative estimate of drug-likeness (QED) is 0.707. The maximum Gasteiger partial charge on any atom is 0.337 e. The SMILES string of the molecule is Cn1cc(CNc2cc(N)ccc2C(=O)O)cn1. The Bertz CT molecular complexity index is 577. The van der Waals surface area contributed by atoms with Crippen molar-refractivity contribution in [3.05, 3.63) is 41.7 Å². The number of aromatic carboxylic acids is 1. The molecule has 0 aliphatic heterocycles. The molecular weight excluding hydrogens is 232 g/mol. The minimum Gasteiger partial charge on any atom is -0.478 e. The van der Waals surface area contributed by atoms with Crippen LogP contribution < -0.4 is 11.1 Å². The highest BCUT2D eigenvalue weighted by Gasteiger charge is 2.10. The predicted octanol–water partition coefficient (Wildman–Crippen LogP) is 1.31. The number of hydrogen-bond acceptors (Lipinski definition) is 4. The first kappa shape index (κ1) is 12.0. The topological polar surface area (TPSA) is 93.2 Å². The minimum absolute atomic E-state index is 0.202. The molecule has 0 aliphatic rings. The fourth-order valence-electron chi connectivity index (χ4n) is 1.66. The number of rotatable bonds is 4. The van der Waals surface area contributed by atoms with Gasteiger partial charge in [0.15, 0.2) is 0 Å². The Balaban J connectivity index is 2.17. The van der Waals surface area contributed by atoms with Crippen LogP contribution >= 0.6 is 0 Å². The van der Waals surface area contributed by atoms with E-state index in [1.807, 2.05) is 13.2 Å². The molecule has 0 aliphatic carbocycles. The number of hydrogen-bond donors (Lipinski definition) is 3. The average Bonchev–Trinajstić information content (AvgIpc) is 2.72. The molecule has 0 saturated carbocycles. The van der Waals surface area contributed by atoms with E-state index in [-0.39, 0.29) is 5.56 Å². The van der Waals surface area contributed by atoms with Crippen molar-refractivity contribution >= 4 is 17.3 Å². The number of carbonyl (C=O) groups is 1. The lowest BCUT2D eigenvalue weighted by atomic mass is 10.1. The number of benzene rings is 1. The van der Waals surface area contributed by atoms with Gasteiger partial charge in [-0.25, -0.2) is 4.79 Å². The van der Waals surface area contributed by atoms with Gasteiger partial charge in [-0.05, 0) is 18.2 Å². The molecule has 1 heterocycles. The number of nitrogens with two attached hydrogens (primary N) is 1. The van der Waals surface area contributed by atoms with E-state index < -0.39 is 5.97 Å². The normalized spacial score (nSPS) is 10.3. The monoisotopic (exact) mass is 246 g/mol. The van der Waals surface area contributed by atoms with Crippen LogP contribution in [0.2, 0.25) is 0 Å². The van der Waals surface area contributed by atoms with Gasteiger partial charge in [0.05, 0.1) is 17.4 Å². The highest BCUT2D eigenvalue weighted by Crippen LogP contribution is 2.20. The average molecular weight is 246 g/mol. The fraction of sp³-hybridized carbons (Fsp3) is 0.167. The Morgan fingerprint density at radius 1 is 1.56 bits per heavy atom. The Labute approximate surface area is 104 Å². The molecule has 6 nitrogen and oxygen atoms in total. The van der Waals surface area contributed by atoms with Gasteiger partial charge in [0, 0.05) is 31.0 Å². The molecule has 0 fully saturated rings. The first-order chi connectivity index (χ1) is 8.56. The zero-order valence-electron chi connectivity index (χ0n) is 9.92. The van der Waals surface area contributed by atoms with Gasteiger partial charge in [-0.2, -0.15) is 5.10 Å². The second-order valence-corrected chi connectivity index (χ2v) is 3.99. The number of nitrogens with one attached hydrogen (secondary N) is 1. The summed E-state index contributed by atoms with van der Waals surface area (Å²) < 4.78 is 1.69. The Hall–Kier alpha value is -2.50. The standard InChI is InChI=1S/C12H14N4O2/c1-16-7-8(6-15-16)5-14-11-4-9(13)2-3-10(11)12(17)18/h2-4,6-7,14H,5,13H2,1H3,(H,17,18). The molecule has 2 aromatic rings. The molecule has 94 valence electrons. The lowest BCUT2D eigenvalue weighted by molar-refractivity contribution is 0.0698. The van der Waals surface area contributed by atoms with Crippen LogP contribution in [0.3, 0.4) is 0 Å². The Kier molecular flexibility index (Phi) is 3.18. The highest BCUT2D eigenvalue weighted by atomic mass is 16.4.